The van der Waals surface area contributed by atoms with Crippen molar-refractivity contribution in [3.05, 3.63) is 0 Å². The zero-order valence-corrected chi connectivity index (χ0v) is 17.8. The fourth-order valence-electron chi connectivity index (χ4n) is 2.56. The van der Waals surface area contributed by atoms with Gasteiger partial charge < -0.3 is 43.4 Å². The molecular formula is C18H34N6O7. The fourth-order valence-corrected chi connectivity index (χ4v) is 2.56. The van der Waals surface area contributed by atoms with Crippen LogP contribution in [0.5, 0.6) is 0 Å². The van der Waals surface area contributed by atoms with Crippen molar-refractivity contribution in [2.24, 2.45) is 23.1 Å². The van der Waals surface area contributed by atoms with Crippen LogP contribution in [0.15, 0.2) is 0 Å². The van der Waals surface area contributed by atoms with Gasteiger partial charge in [0.05, 0.1) is 19.1 Å². The van der Waals surface area contributed by atoms with E-state index in [0.717, 1.165) is 0 Å². The number of aliphatic carboxylic acids is 1. The Hall–Kier alpha value is -2.77. The summed E-state index contributed by atoms with van der Waals surface area (Å²) in [6.45, 7) is 2.87. The first-order valence-corrected chi connectivity index (χ1v) is 9.93. The molecule has 31 heavy (non-hydrogen) atoms. The molecule has 13 heteroatoms. The molecule has 4 atom stereocenters. The molecular weight excluding hydrogens is 412 g/mol. The zero-order valence-electron chi connectivity index (χ0n) is 17.8. The molecule has 13 nitrogen and oxygen atoms in total. The Morgan fingerprint density at radius 1 is 0.903 bits per heavy atom. The minimum atomic E-state index is -1.63. The van der Waals surface area contributed by atoms with Gasteiger partial charge in [-0.25, -0.2) is 4.79 Å². The maximum absolute atomic E-state index is 12.7. The number of carboxylic acids is 1. The number of unbranched alkanes of at least 4 members (excludes halogenated alkanes) is 1. The van der Waals surface area contributed by atoms with Gasteiger partial charge in [-0.2, -0.15) is 0 Å². The molecule has 4 unspecified atom stereocenters. The lowest BCUT2D eigenvalue weighted by Crippen LogP contribution is -2.59. The van der Waals surface area contributed by atoms with Gasteiger partial charge in [-0.05, 0) is 25.3 Å². The maximum Gasteiger partial charge on any atom is 0.328 e. The lowest BCUT2D eigenvalue weighted by atomic mass is 10.0. The predicted octanol–water partition coefficient (Wildman–Crippen LogP) is -3.49. The van der Waals surface area contributed by atoms with Crippen molar-refractivity contribution in [1.82, 2.24) is 16.0 Å². The van der Waals surface area contributed by atoms with Crippen LogP contribution in [0.2, 0.25) is 0 Å². The Balaban J connectivity index is 5.26. The third-order valence-corrected chi connectivity index (χ3v) is 4.39. The highest BCUT2D eigenvalue weighted by Crippen LogP contribution is 2.06. The second-order valence-electron chi connectivity index (χ2n) is 7.43. The molecule has 0 spiro atoms. The number of nitrogens with two attached hydrogens (primary N) is 3. The Morgan fingerprint density at radius 3 is 1.94 bits per heavy atom. The lowest BCUT2D eigenvalue weighted by molar-refractivity contribution is -0.143. The van der Waals surface area contributed by atoms with Gasteiger partial charge in [-0.3, -0.25) is 19.2 Å². The topological polar surface area (TPSA) is 240 Å². The number of carbonyl (C=O) groups is 5. The van der Waals surface area contributed by atoms with E-state index in [-0.39, 0.29) is 0 Å². The quantitative estimate of drug-likeness (QED) is 0.116. The highest BCUT2D eigenvalue weighted by Gasteiger charge is 2.32. The summed E-state index contributed by atoms with van der Waals surface area (Å²) in [6, 6.07) is -5.07. The van der Waals surface area contributed by atoms with E-state index in [4.69, 9.17) is 27.4 Å². The van der Waals surface area contributed by atoms with E-state index in [1.54, 1.807) is 13.8 Å². The molecule has 178 valence electrons. The Labute approximate surface area is 180 Å². The van der Waals surface area contributed by atoms with E-state index in [0.29, 0.717) is 25.8 Å². The monoisotopic (exact) mass is 446 g/mol. The van der Waals surface area contributed by atoms with Crippen molar-refractivity contribution in [2.75, 3.05) is 13.2 Å². The summed E-state index contributed by atoms with van der Waals surface area (Å²) in [6.07, 6.45) is 1.09. The number of hydrogen-bond donors (Lipinski definition) is 8. The van der Waals surface area contributed by atoms with Gasteiger partial charge in [0.2, 0.25) is 23.6 Å². The Bertz CT molecular complexity index is 643. The summed E-state index contributed by atoms with van der Waals surface area (Å²) in [5, 5.41) is 24.8. The first-order chi connectivity index (χ1) is 14.4. The molecule has 0 rings (SSSR count). The minimum absolute atomic E-state index is 0.375. The summed E-state index contributed by atoms with van der Waals surface area (Å²) in [7, 11) is 0. The molecule has 0 aromatic heterocycles. The third kappa shape index (κ3) is 10.7. The average Bonchev–Trinajstić information content (AvgIpc) is 2.68. The van der Waals surface area contributed by atoms with E-state index in [1.807, 2.05) is 5.32 Å². The van der Waals surface area contributed by atoms with Crippen LogP contribution in [0.1, 0.15) is 39.5 Å². The molecule has 0 saturated heterocycles. The van der Waals surface area contributed by atoms with Crippen molar-refractivity contribution in [2.45, 2.75) is 63.7 Å². The predicted molar refractivity (Wildman–Crippen MR) is 110 cm³/mol. The van der Waals surface area contributed by atoms with E-state index in [9.17, 15) is 24.0 Å². The molecule has 0 aliphatic heterocycles. The second-order valence-corrected chi connectivity index (χ2v) is 7.43. The molecule has 0 aromatic rings. The number of aliphatic hydroxyl groups excluding tert-OH is 1. The highest BCUT2D eigenvalue weighted by atomic mass is 16.4. The first kappa shape index (κ1) is 28.2. The highest BCUT2D eigenvalue weighted by molar-refractivity contribution is 5.96. The standard InChI is InChI=1S/C18H34N6O7/c1-9(2)14(24-15(27)10(20)5-3-4-6-19)17(29)22-11(7-13(21)26)16(28)23-12(8-25)18(30)31/h9-12,14,25H,3-8,19-20H2,1-2H3,(H2,21,26)(H,22,29)(H,23,28)(H,24,27)(H,30,31). The molecule has 0 fully saturated rings. The fraction of sp³-hybridized carbons (Fsp3) is 0.722. The van der Waals surface area contributed by atoms with E-state index < -0.39 is 72.7 Å². The van der Waals surface area contributed by atoms with Crippen molar-refractivity contribution < 1.29 is 34.2 Å². The van der Waals surface area contributed by atoms with Gasteiger partial charge in [0.15, 0.2) is 0 Å². The van der Waals surface area contributed by atoms with Crippen LogP contribution < -0.4 is 33.2 Å². The number of rotatable bonds is 15. The molecule has 4 amide bonds. The number of carbonyl (C=O) groups excluding carboxylic acids is 4. The second kappa shape index (κ2) is 14.3. The molecule has 0 bridgehead atoms. The van der Waals surface area contributed by atoms with Crippen LogP contribution in [-0.2, 0) is 24.0 Å². The van der Waals surface area contributed by atoms with Gasteiger partial charge in [0.25, 0.3) is 0 Å². The minimum Gasteiger partial charge on any atom is -0.480 e. The molecule has 0 aromatic carbocycles. The summed E-state index contributed by atoms with van der Waals surface area (Å²) < 4.78 is 0. The van der Waals surface area contributed by atoms with E-state index in [1.165, 1.54) is 0 Å². The van der Waals surface area contributed by atoms with Gasteiger partial charge in [-0.1, -0.05) is 20.3 Å². The largest absolute Gasteiger partial charge is 0.480 e. The van der Waals surface area contributed by atoms with Crippen LogP contribution >= 0.6 is 0 Å². The van der Waals surface area contributed by atoms with Gasteiger partial charge in [0, 0.05) is 0 Å². The summed E-state index contributed by atoms with van der Waals surface area (Å²) in [4.78, 5) is 59.7. The summed E-state index contributed by atoms with van der Waals surface area (Å²) >= 11 is 0. The number of carboxylic acid groups (broad SMARTS) is 1. The molecule has 0 aliphatic carbocycles. The Kier molecular flexibility index (Phi) is 13.0. The van der Waals surface area contributed by atoms with Crippen molar-refractivity contribution in [1.29, 1.82) is 0 Å². The summed E-state index contributed by atoms with van der Waals surface area (Å²) in [5.74, 6) is -5.20. The van der Waals surface area contributed by atoms with Crippen molar-refractivity contribution >= 4 is 29.6 Å². The Morgan fingerprint density at radius 2 is 1.48 bits per heavy atom. The van der Waals surface area contributed by atoms with Crippen LogP contribution in [0.3, 0.4) is 0 Å². The third-order valence-electron chi connectivity index (χ3n) is 4.39. The number of nitrogens with one attached hydrogen (secondary N) is 3. The lowest BCUT2D eigenvalue weighted by Gasteiger charge is -2.26. The molecule has 0 aliphatic rings. The van der Waals surface area contributed by atoms with Gasteiger partial charge >= 0.3 is 5.97 Å². The van der Waals surface area contributed by atoms with Crippen LogP contribution in [-0.4, -0.2) is 77.1 Å². The number of primary amides is 1. The first-order valence-electron chi connectivity index (χ1n) is 9.93. The van der Waals surface area contributed by atoms with Gasteiger partial charge in [0.1, 0.15) is 18.1 Å². The van der Waals surface area contributed by atoms with E-state index >= 15 is 0 Å². The molecule has 11 N–H and O–H groups in total. The smallest absolute Gasteiger partial charge is 0.328 e. The van der Waals surface area contributed by atoms with Gasteiger partial charge in [-0.15, -0.1) is 0 Å². The number of aliphatic hydroxyl groups is 1. The van der Waals surface area contributed by atoms with E-state index in [2.05, 4.69) is 10.6 Å². The molecule has 0 heterocycles. The summed E-state index contributed by atoms with van der Waals surface area (Å²) in [5.41, 5.74) is 16.3. The maximum atomic E-state index is 12.7. The normalized spacial score (nSPS) is 14.8. The average molecular weight is 447 g/mol. The van der Waals surface area contributed by atoms with Crippen LogP contribution in [0.25, 0.3) is 0 Å². The zero-order chi connectivity index (χ0) is 24.1. The molecule has 0 radical (unpaired) electrons. The van der Waals surface area contributed by atoms with Crippen molar-refractivity contribution in [3.8, 4) is 0 Å². The molecule has 0 saturated carbocycles. The number of amides is 4. The SMILES string of the molecule is CC(C)C(NC(=O)C(N)CCCCN)C(=O)NC(CC(N)=O)C(=O)NC(CO)C(=O)O. The van der Waals surface area contributed by atoms with Crippen LogP contribution in [0.4, 0.5) is 0 Å². The van der Waals surface area contributed by atoms with Crippen LogP contribution in [0, 0.1) is 5.92 Å². The number of hydrogen-bond acceptors (Lipinski definition) is 8. The van der Waals surface area contributed by atoms with Crippen molar-refractivity contribution in [3.63, 3.8) is 0 Å².